The zero-order valence-electron chi connectivity index (χ0n) is 14.6. The molecular weight excluding hydrogens is 372 g/mol. The van der Waals surface area contributed by atoms with Gasteiger partial charge in [-0.25, -0.2) is 5.43 Å². The number of hydrazine groups is 1. The van der Waals surface area contributed by atoms with Gasteiger partial charge in [-0.1, -0.05) is 48.9 Å². The molecular formula is C17H21ClN6OS. The van der Waals surface area contributed by atoms with Crippen molar-refractivity contribution in [3.8, 4) is 5.75 Å². The fourth-order valence-electron chi connectivity index (χ4n) is 3.16. The summed E-state index contributed by atoms with van der Waals surface area (Å²) >= 11 is 7.60. The zero-order valence-corrected chi connectivity index (χ0v) is 16.2. The van der Waals surface area contributed by atoms with Gasteiger partial charge in [0.05, 0.1) is 11.1 Å². The van der Waals surface area contributed by atoms with Crippen molar-refractivity contribution >= 4 is 27.9 Å². The highest BCUT2D eigenvalue weighted by molar-refractivity contribution is 7.16. The monoisotopic (exact) mass is 392 g/mol. The Morgan fingerprint density at radius 3 is 2.96 bits per heavy atom. The maximum Gasteiger partial charge on any atom is 0.234 e. The Bertz CT molecular complexity index is 894. The molecule has 4 rings (SSSR count). The van der Waals surface area contributed by atoms with Gasteiger partial charge in [-0.3, -0.25) is 5.43 Å². The average Bonchev–Trinajstić information content (AvgIpc) is 3.29. The third-order valence-corrected chi connectivity index (χ3v) is 5.48. The maximum absolute atomic E-state index is 6.12. The quantitative estimate of drug-likeness (QED) is 0.669. The van der Waals surface area contributed by atoms with Gasteiger partial charge in [-0.05, 0) is 30.9 Å². The molecule has 2 N–H and O–H groups in total. The van der Waals surface area contributed by atoms with E-state index in [9.17, 15) is 0 Å². The molecule has 0 radical (unpaired) electrons. The molecule has 0 amide bonds. The molecule has 26 heavy (non-hydrogen) atoms. The lowest BCUT2D eigenvalue weighted by atomic mass is 10.00. The van der Waals surface area contributed by atoms with Gasteiger partial charge >= 0.3 is 0 Å². The SMILES string of the molecule is CC(C)CC1CC(c2nnc3sc(COc4ccccc4Cl)nn23)NN1. The second-order valence-corrected chi connectivity index (χ2v) is 8.32. The van der Waals surface area contributed by atoms with Crippen LogP contribution in [-0.2, 0) is 6.61 Å². The molecule has 2 atom stereocenters. The van der Waals surface area contributed by atoms with Crippen LogP contribution in [0.15, 0.2) is 24.3 Å². The van der Waals surface area contributed by atoms with Crippen molar-refractivity contribution in [2.24, 2.45) is 5.92 Å². The fourth-order valence-corrected chi connectivity index (χ4v) is 4.11. The van der Waals surface area contributed by atoms with E-state index in [4.69, 9.17) is 16.3 Å². The molecule has 1 saturated heterocycles. The lowest BCUT2D eigenvalue weighted by Crippen LogP contribution is -2.32. The summed E-state index contributed by atoms with van der Waals surface area (Å²) in [5.74, 6) is 2.14. The molecule has 138 valence electrons. The van der Waals surface area contributed by atoms with Crippen LogP contribution in [0.25, 0.3) is 4.96 Å². The van der Waals surface area contributed by atoms with E-state index in [1.807, 2.05) is 22.7 Å². The Kier molecular flexibility index (Phi) is 5.08. The Morgan fingerprint density at radius 2 is 2.15 bits per heavy atom. The predicted octanol–water partition coefficient (Wildman–Crippen LogP) is 3.37. The molecule has 0 aliphatic carbocycles. The summed E-state index contributed by atoms with van der Waals surface area (Å²) in [6.45, 7) is 4.81. The Hall–Kier alpha value is -1.74. The van der Waals surface area contributed by atoms with Crippen LogP contribution in [0.2, 0.25) is 5.02 Å². The zero-order chi connectivity index (χ0) is 18.1. The third-order valence-electron chi connectivity index (χ3n) is 4.29. The van der Waals surface area contributed by atoms with Crippen molar-refractivity contribution in [1.29, 1.82) is 0 Å². The molecule has 3 aromatic rings. The van der Waals surface area contributed by atoms with E-state index in [1.165, 1.54) is 11.3 Å². The normalized spacial score (nSPS) is 20.3. The number of fused-ring (bicyclic) bond motifs is 1. The summed E-state index contributed by atoms with van der Waals surface area (Å²) in [7, 11) is 0. The van der Waals surface area contributed by atoms with Crippen LogP contribution >= 0.6 is 22.9 Å². The molecule has 0 bridgehead atoms. The number of nitrogens with one attached hydrogen (secondary N) is 2. The number of rotatable bonds is 6. The van der Waals surface area contributed by atoms with Crippen LogP contribution < -0.4 is 15.6 Å². The molecule has 1 aliphatic rings. The number of ether oxygens (including phenoxy) is 1. The molecule has 9 heteroatoms. The lowest BCUT2D eigenvalue weighted by molar-refractivity contribution is 0.304. The summed E-state index contributed by atoms with van der Waals surface area (Å²) < 4.78 is 7.59. The van der Waals surface area contributed by atoms with E-state index in [0.717, 1.165) is 28.6 Å². The molecule has 1 fully saturated rings. The van der Waals surface area contributed by atoms with Crippen LogP contribution in [-0.4, -0.2) is 25.9 Å². The number of aromatic nitrogens is 4. The Labute approximate surface area is 160 Å². The first-order chi connectivity index (χ1) is 12.6. The van der Waals surface area contributed by atoms with Gasteiger partial charge in [-0.2, -0.15) is 9.61 Å². The summed E-state index contributed by atoms with van der Waals surface area (Å²) in [6, 6.07) is 7.96. The van der Waals surface area contributed by atoms with Crippen molar-refractivity contribution in [1.82, 2.24) is 30.7 Å². The third kappa shape index (κ3) is 3.68. The smallest absolute Gasteiger partial charge is 0.234 e. The molecule has 2 aromatic heterocycles. The highest BCUT2D eigenvalue weighted by Crippen LogP contribution is 2.27. The van der Waals surface area contributed by atoms with Crippen LogP contribution in [0.3, 0.4) is 0 Å². The van der Waals surface area contributed by atoms with E-state index in [1.54, 1.807) is 6.07 Å². The minimum atomic E-state index is 0.105. The molecule has 7 nitrogen and oxygen atoms in total. The molecule has 1 aromatic carbocycles. The maximum atomic E-state index is 6.12. The Morgan fingerprint density at radius 1 is 1.31 bits per heavy atom. The number of hydrogen-bond acceptors (Lipinski definition) is 7. The first kappa shape index (κ1) is 17.7. The number of halogens is 1. The van der Waals surface area contributed by atoms with E-state index >= 15 is 0 Å². The summed E-state index contributed by atoms with van der Waals surface area (Å²) in [5, 5.41) is 14.6. The van der Waals surface area contributed by atoms with Crippen molar-refractivity contribution in [2.45, 2.75) is 45.4 Å². The first-order valence-corrected chi connectivity index (χ1v) is 9.89. The largest absolute Gasteiger partial charge is 0.485 e. The van der Waals surface area contributed by atoms with E-state index in [0.29, 0.717) is 29.3 Å². The molecule has 0 spiro atoms. The van der Waals surface area contributed by atoms with Gasteiger partial charge in [0, 0.05) is 6.04 Å². The van der Waals surface area contributed by atoms with Gasteiger partial charge in [0.15, 0.2) is 10.8 Å². The van der Waals surface area contributed by atoms with Crippen LogP contribution in [0.1, 0.15) is 43.6 Å². The topological polar surface area (TPSA) is 76.4 Å². The standard InChI is InChI=1S/C17H21ClN6OS/c1-10(2)7-11-8-13(20-19-11)16-21-22-17-24(16)23-15(26-17)9-25-14-6-4-3-5-12(14)18/h3-6,10-11,13,19-20H,7-9H2,1-2H3. The summed E-state index contributed by atoms with van der Waals surface area (Å²) in [5.41, 5.74) is 6.68. The van der Waals surface area contributed by atoms with Crippen molar-refractivity contribution in [2.75, 3.05) is 0 Å². The molecule has 0 saturated carbocycles. The van der Waals surface area contributed by atoms with Gasteiger partial charge in [-0.15, -0.1) is 10.2 Å². The van der Waals surface area contributed by atoms with Crippen LogP contribution in [0.4, 0.5) is 0 Å². The molecule has 3 heterocycles. The summed E-state index contributed by atoms with van der Waals surface area (Å²) in [4.78, 5) is 0.770. The van der Waals surface area contributed by atoms with Crippen molar-refractivity contribution in [3.63, 3.8) is 0 Å². The second-order valence-electron chi connectivity index (χ2n) is 6.87. The van der Waals surface area contributed by atoms with Gasteiger partial charge < -0.3 is 4.74 Å². The second kappa shape index (κ2) is 7.48. The predicted molar refractivity (Wildman–Crippen MR) is 101 cm³/mol. The molecule has 1 aliphatic heterocycles. The fraction of sp³-hybridized carbons (Fsp3) is 0.471. The minimum Gasteiger partial charge on any atom is -0.485 e. The highest BCUT2D eigenvalue weighted by atomic mass is 35.5. The van der Waals surface area contributed by atoms with Crippen molar-refractivity contribution in [3.05, 3.63) is 40.1 Å². The first-order valence-electron chi connectivity index (χ1n) is 8.69. The van der Waals surface area contributed by atoms with Crippen LogP contribution in [0.5, 0.6) is 5.75 Å². The van der Waals surface area contributed by atoms with Gasteiger partial charge in [0.2, 0.25) is 4.96 Å². The van der Waals surface area contributed by atoms with E-state index in [-0.39, 0.29) is 6.04 Å². The van der Waals surface area contributed by atoms with Crippen LogP contribution in [0, 0.1) is 5.92 Å². The lowest BCUT2D eigenvalue weighted by Gasteiger charge is -2.11. The number of nitrogens with zero attached hydrogens (tertiary/aromatic N) is 4. The van der Waals surface area contributed by atoms with Gasteiger partial charge in [0.1, 0.15) is 12.4 Å². The van der Waals surface area contributed by atoms with Crippen molar-refractivity contribution < 1.29 is 4.74 Å². The number of hydrogen-bond donors (Lipinski definition) is 2. The molecule has 2 unspecified atom stereocenters. The Balaban J connectivity index is 1.46. The number of benzene rings is 1. The number of para-hydroxylation sites is 1. The average molecular weight is 393 g/mol. The highest BCUT2D eigenvalue weighted by Gasteiger charge is 2.30. The summed E-state index contributed by atoms with van der Waals surface area (Å²) in [6.07, 6.45) is 2.10. The van der Waals surface area contributed by atoms with Gasteiger partial charge in [0.25, 0.3) is 0 Å². The van der Waals surface area contributed by atoms with E-state index < -0.39 is 0 Å². The van der Waals surface area contributed by atoms with E-state index in [2.05, 4.69) is 40.0 Å². The minimum absolute atomic E-state index is 0.105.